The third-order valence-electron chi connectivity index (χ3n) is 5.44. The summed E-state index contributed by atoms with van der Waals surface area (Å²) in [6.07, 6.45) is -1.86. The molecule has 122 valence electrons. The van der Waals surface area contributed by atoms with E-state index in [0.29, 0.717) is 0 Å². The van der Waals surface area contributed by atoms with Crippen molar-refractivity contribution in [1.29, 1.82) is 0 Å². The first-order valence-corrected chi connectivity index (χ1v) is 7.91. The Hall–Kier alpha value is -1.56. The maximum Gasteiger partial charge on any atom is 0.416 e. The third kappa shape index (κ3) is 2.04. The molecule has 0 unspecified atom stereocenters. The van der Waals surface area contributed by atoms with Gasteiger partial charge in [-0.2, -0.15) is 13.2 Å². The lowest BCUT2D eigenvalue weighted by molar-refractivity contribution is -0.137. The number of carbonyl (C=O) groups is 2. The Morgan fingerprint density at radius 2 is 1.61 bits per heavy atom. The molecule has 3 nitrogen and oxygen atoms in total. The van der Waals surface area contributed by atoms with Gasteiger partial charge in [-0.05, 0) is 49.3 Å². The standard InChI is InChI=1S/C16H13ClF3NO2/c17-10-4-3-9(16(18,19)20)6-11(10)21-14(22)12-7-1-2-8(5-7)13(12)15(21)23/h3-4,6-8,12-13H,1-2,5H2/t7-,8+,12+,13-. The van der Waals surface area contributed by atoms with Crippen LogP contribution in [0.3, 0.4) is 0 Å². The molecule has 3 fully saturated rings. The second-order valence-electron chi connectivity index (χ2n) is 6.56. The fourth-order valence-electron chi connectivity index (χ4n) is 4.51. The summed E-state index contributed by atoms with van der Waals surface area (Å²) in [5.41, 5.74) is -1.07. The molecular formula is C16H13ClF3NO2. The van der Waals surface area contributed by atoms with Crippen LogP contribution in [0.4, 0.5) is 18.9 Å². The molecule has 0 aromatic heterocycles. The fourth-order valence-corrected chi connectivity index (χ4v) is 4.71. The van der Waals surface area contributed by atoms with E-state index in [4.69, 9.17) is 11.6 Å². The molecule has 1 aliphatic heterocycles. The van der Waals surface area contributed by atoms with E-state index in [2.05, 4.69) is 0 Å². The van der Waals surface area contributed by atoms with Crippen LogP contribution in [0.15, 0.2) is 18.2 Å². The molecule has 0 spiro atoms. The number of nitrogens with zero attached hydrogens (tertiary/aromatic N) is 1. The van der Waals surface area contributed by atoms with Gasteiger partial charge in [0.05, 0.1) is 28.1 Å². The van der Waals surface area contributed by atoms with Crippen LogP contribution in [0, 0.1) is 23.7 Å². The largest absolute Gasteiger partial charge is 0.416 e. The number of benzene rings is 1. The molecule has 4 rings (SSSR count). The van der Waals surface area contributed by atoms with E-state index in [0.717, 1.165) is 42.4 Å². The first-order chi connectivity index (χ1) is 10.8. The molecule has 1 heterocycles. The predicted octanol–water partition coefficient (Wildman–Crippen LogP) is 3.89. The number of amides is 2. The number of hydrogen-bond acceptors (Lipinski definition) is 2. The monoisotopic (exact) mass is 343 g/mol. The normalized spacial score (nSPS) is 32.8. The third-order valence-corrected chi connectivity index (χ3v) is 5.76. The van der Waals surface area contributed by atoms with E-state index in [1.807, 2.05) is 0 Å². The fraction of sp³-hybridized carbons (Fsp3) is 0.500. The number of hydrogen-bond donors (Lipinski definition) is 0. The minimum atomic E-state index is -4.56. The maximum absolute atomic E-state index is 12.9. The summed E-state index contributed by atoms with van der Waals surface area (Å²) in [6, 6.07) is 2.73. The molecule has 3 aliphatic rings. The summed E-state index contributed by atoms with van der Waals surface area (Å²) in [5.74, 6) is -1.20. The van der Waals surface area contributed by atoms with Crippen LogP contribution in [0.25, 0.3) is 0 Å². The molecule has 7 heteroatoms. The SMILES string of the molecule is O=C1[C@@H]2[C@H]3CC[C@H](C3)[C@@H]2C(=O)N1c1cc(C(F)(F)F)ccc1Cl. The zero-order valence-electron chi connectivity index (χ0n) is 11.9. The van der Waals surface area contributed by atoms with Gasteiger partial charge in [0, 0.05) is 0 Å². The van der Waals surface area contributed by atoms with E-state index in [9.17, 15) is 22.8 Å². The first kappa shape index (κ1) is 15.0. The topological polar surface area (TPSA) is 37.4 Å². The van der Waals surface area contributed by atoms with Crippen LogP contribution >= 0.6 is 11.6 Å². The van der Waals surface area contributed by atoms with Crippen molar-refractivity contribution in [2.45, 2.75) is 25.4 Å². The molecule has 0 radical (unpaired) electrons. The number of alkyl halides is 3. The maximum atomic E-state index is 12.9. The molecule has 4 atom stereocenters. The summed E-state index contributed by atoms with van der Waals surface area (Å²) in [5, 5.41) is -0.0213. The number of halogens is 4. The van der Waals surface area contributed by atoms with Crippen molar-refractivity contribution < 1.29 is 22.8 Å². The lowest BCUT2D eigenvalue weighted by Crippen LogP contribution is -2.33. The van der Waals surface area contributed by atoms with Crippen molar-refractivity contribution in [2.75, 3.05) is 4.90 Å². The smallest absolute Gasteiger partial charge is 0.274 e. The molecule has 2 aliphatic carbocycles. The highest BCUT2D eigenvalue weighted by Crippen LogP contribution is 2.57. The summed E-state index contributed by atoms with van der Waals surface area (Å²) >= 11 is 5.99. The van der Waals surface area contributed by atoms with Crippen LogP contribution in [0.5, 0.6) is 0 Å². The molecule has 0 N–H and O–H groups in total. The highest BCUT2D eigenvalue weighted by molar-refractivity contribution is 6.36. The van der Waals surface area contributed by atoms with Crippen LogP contribution in [0.1, 0.15) is 24.8 Å². The van der Waals surface area contributed by atoms with Crippen molar-refractivity contribution >= 4 is 29.1 Å². The predicted molar refractivity (Wildman–Crippen MR) is 76.8 cm³/mol. The van der Waals surface area contributed by atoms with E-state index in [-0.39, 0.29) is 34.4 Å². The van der Waals surface area contributed by atoms with E-state index in [1.54, 1.807) is 0 Å². The van der Waals surface area contributed by atoms with E-state index < -0.39 is 23.6 Å². The van der Waals surface area contributed by atoms with Gasteiger partial charge in [0.2, 0.25) is 11.8 Å². The highest BCUT2D eigenvalue weighted by atomic mass is 35.5. The summed E-state index contributed by atoms with van der Waals surface area (Å²) in [6.45, 7) is 0. The molecule has 1 saturated heterocycles. The second-order valence-corrected chi connectivity index (χ2v) is 6.97. The van der Waals surface area contributed by atoms with Crippen molar-refractivity contribution in [3.8, 4) is 0 Å². The van der Waals surface area contributed by atoms with Gasteiger partial charge < -0.3 is 0 Å². The van der Waals surface area contributed by atoms with Gasteiger partial charge in [0.25, 0.3) is 0 Å². The first-order valence-electron chi connectivity index (χ1n) is 7.53. The lowest BCUT2D eigenvalue weighted by Gasteiger charge is -2.20. The Balaban J connectivity index is 1.77. The molecule has 1 aromatic rings. The minimum absolute atomic E-state index is 0.0213. The van der Waals surface area contributed by atoms with Gasteiger partial charge in [0.1, 0.15) is 0 Å². The Morgan fingerprint density at radius 1 is 1.04 bits per heavy atom. The van der Waals surface area contributed by atoms with Crippen LogP contribution < -0.4 is 4.90 Å². The Labute approximate surface area is 135 Å². The molecular weight excluding hydrogens is 331 g/mol. The van der Waals surface area contributed by atoms with Crippen LogP contribution in [0.2, 0.25) is 5.02 Å². The molecule has 2 bridgehead atoms. The Morgan fingerprint density at radius 3 is 2.13 bits per heavy atom. The van der Waals surface area contributed by atoms with Crippen LogP contribution in [-0.4, -0.2) is 11.8 Å². The average molecular weight is 344 g/mol. The highest BCUT2D eigenvalue weighted by Gasteiger charge is 2.61. The van der Waals surface area contributed by atoms with Gasteiger partial charge in [-0.25, -0.2) is 4.90 Å². The van der Waals surface area contributed by atoms with Crippen molar-refractivity contribution in [3.63, 3.8) is 0 Å². The molecule has 2 saturated carbocycles. The van der Waals surface area contributed by atoms with Gasteiger partial charge in [0.15, 0.2) is 0 Å². The zero-order chi connectivity index (χ0) is 16.5. The number of fused-ring (bicyclic) bond motifs is 5. The Bertz CT molecular complexity index is 690. The average Bonchev–Trinajstić information content (AvgIpc) is 3.13. The lowest BCUT2D eigenvalue weighted by atomic mass is 9.81. The number of rotatable bonds is 1. The van der Waals surface area contributed by atoms with E-state index >= 15 is 0 Å². The number of anilines is 1. The van der Waals surface area contributed by atoms with E-state index in [1.165, 1.54) is 0 Å². The molecule has 23 heavy (non-hydrogen) atoms. The summed E-state index contributed by atoms with van der Waals surface area (Å²) in [7, 11) is 0. The van der Waals surface area contributed by atoms with Gasteiger partial charge >= 0.3 is 6.18 Å². The molecule has 2 amide bonds. The van der Waals surface area contributed by atoms with Crippen molar-refractivity contribution in [1.82, 2.24) is 0 Å². The van der Waals surface area contributed by atoms with Gasteiger partial charge in [-0.1, -0.05) is 11.6 Å². The van der Waals surface area contributed by atoms with Crippen LogP contribution in [-0.2, 0) is 15.8 Å². The zero-order valence-corrected chi connectivity index (χ0v) is 12.7. The minimum Gasteiger partial charge on any atom is -0.274 e. The second kappa shape index (κ2) is 4.72. The summed E-state index contributed by atoms with van der Waals surface area (Å²) in [4.78, 5) is 26.2. The van der Waals surface area contributed by atoms with Gasteiger partial charge in [-0.3, -0.25) is 9.59 Å². The number of imide groups is 1. The van der Waals surface area contributed by atoms with Crippen molar-refractivity contribution in [3.05, 3.63) is 28.8 Å². The summed E-state index contributed by atoms with van der Waals surface area (Å²) < 4.78 is 38.7. The van der Waals surface area contributed by atoms with Crippen molar-refractivity contribution in [2.24, 2.45) is 23.7 Å². The Kier molecular flexibility index (Phi) is 3.08. The van der Waals surface area contributed by atoms with Gasteiger partial charge in [-0.15, -0.1) is 0 Å². The number of carbonyl (C=O) groups excluding carboxylic acids is 2. The quantitative estimate of drug-likeness (QED) is 0.725. The molecule has 1 aromatic carbocycles.